The maximum absolute atomic E-state index is 13.3. The predicted molar refractivity (Wildman–Crippen MR) is 77.3 cm³/mol. The van der Waals surface area contributed by atoms with Crippen LogP contribution in [0.5, 0.6) is 0 Å². The van der Waals surface area contributed by atoms with Gasteiger partial charge in [0.25, 0.3) is 0 Å². The summed E-state index contributed by atoms with van der Waals surface area (Å²) in [5.41, 5.74) is 6.33. The lowest BCUT2D eigenvalue weighted by atomic mass is 9.94. The summed E-state index contributed by atoms with van der Waals surface area (Å²) in [5, 5.41) is 0. The maximum atomic E-state index is 13.3. The highest BCUT2D eigenvalue weighted by Crippen LogP contribution is 2.32. The van der Waals surface area contributed by atoms with Crippen molar-refractivity contribution in [2.75, 3.05) is 13.1 Å². The Kier molecular flexibility index (Phi) is 5.28. The molecule has 21 heavy (non-hydrogen) atoms. The van der Waals surface area contributed by atoms with Gasteiger partial charge in [0.2, 0.25) is 5.91 Å². The zero-order valence-electron chi connectivity index (χ0n) is 12.3. The van der Waals surface area contributed by atoms with Gasteiger partial charge in [0.05, 0.1) is 0 Å². The molecule has 0 bridgehead atoms. The third-order valence-corrected chi connectivity index (χ3v) is 4.33. The lowest BCUT2D eigenvalue weighted by molar-refractivity contribution is -0.137. The molecule has 0 spiro atoms. The number of nitrogens with two attached hydrogens (primary N) is 1. The quantitative estimate of drug-likeness (QED) is 0.908. The van der Waals surface area contributed by atoms with Crippen molar-refractivity contribution in [2.24, 2.45) is 17.6 Å². The van der Waals surface area contributed by atoms with Gasteiger partial charge in [-0.1, -0.05) is 12.5 Å². The van der Waals surface area contributed by atoms with E-state index in [2.05, 4.69) is 0 Å². The van der Waals surface area contributed by atoms with Gasteiger partial charge in [0.1, 0.15) is 0 Å². The third kappa shape index (κ3) is 3.59. The fraction of sp³-hybridized carbons (Fsp3) is 0.562. The standard InChI is InChI=1S/C16H22F2N2O/c1-2-20(10-11-6-7-14(17)15(18)8-11)16(21)13-5-3-4-12(13)9-19/h6-8,12-13H,2-5,9-10,19H2,1H3. The van der Waals surface area contributed by atoms with Gasteiger partial charge >= 0.3 is 0 Å². The number of carbonyl (C=O) groups is 1. The minimum absolute atomic E-state index is 0.0276. The molecular weight excluding hydrogens is 274 g/mol. The van der Waals surface area contributed by atoms with E-state index in [1.165, 1.54) is 6.07 Å². The van der Waals surface area contributed by atoms with Crippen LogP contribution < -0.4 is 5.73 Å². The molecule has 0 radical (unpaired) electrons. The van der Waals surface area contributed by atoms with E-state index in [4.69, 9.17) is 5.73 Å². The Labute approximate surface area is 124 Å². The fourth-order valence-corrected chi connectivity index (χ4v) is 3.08. The first kappa shape index (κ1) is 15.9. The summed E-state index contributed by atoms with van der Waals surface area (Å²) < 4.78 is 26.2. The average molecular weight is 296 g/mol. The number of amides is 1. The monoisotopic (exact) mass is 296 g/mol. The van der Waals surface area contributed by atoms with Crippen molar-refractivity contribution in [2.45, 2.75) is 32.7 Å². The van der Waals surface area contributed by atoms with Gasteiger partial charge < -0.3 is 10.6 Å². The Balaban J connectivity index is 2.08. The summed E-state index contributed by atoms with van der Waals surface area (Å²) in [6.07, 6.45) is 2.89. The summed E-state index contributed by atoms with van der Waals surface area (Å²) in [5.74, 6) is -1.45. The van der Waals surface area contributed by atoms with Crippen molar-refractivity contribution < 1.29 is 13.6 Å². The molecule has 2 rings (SSSR count). The summed E-state index contributed by atoms with van der Waals surface area (Å²) in [7, 11) is 0. The first-order valence-corrected chi connectivity index (χ1v) is 7.49. The first-order valence-electron chi connectivity index (χ1n) is 7.49. The number of carbonyl (C=O) groups excluding carboxylic acids is 1. The highest BCUT2D eigenvalue weighted by atomic mass is 19.2. The molecule has 116 valence electrons. The second-order valence-electron chi connectivity index (χ2n) is 5.63. The smallest absolute Gasteiger partial charge is 0.226 e. The molecule has 5 heteroatoms. The van der Waals surface area contributed by atoms with Crippen LogP contribution in [0, 0.1) is 23.5 Å². The van der Waals surface area contributed by atoms with Gasteiger partial charge in [0, 0.05) is 19.0 Å². The molecule has 0 saturated heterocycles. The fourth-order valence-electron chi connectivity index (χ4n) is 3.08. The number of benzene rings is 1. The van der Waals surface area contributed by atoms with Crippen LogP contribution in [0.3, 0.4) is 0 Å². The molecule has 3 nitrogen and oxygen atoms in total. The highest BCUT2D eigenvalue weighted by molar-refractivity contribution is 5.79. The van der Waals surface area contributed by atoms with Crippen molar-refractivity contribution in [3.8, 4) is 0 Å². The molecule has 1 aromatic rings. The normalized spacial score (nSPS) is 21.5. The van der Waals surface area contributed by atoms with Gasteiger partial charge in [0.15, 0.2) is 11.6 Å². The third-order valence-electron chi connectivity index (χ3n) is 4.33. The summed E-state index contributed by atoms with van der Waals surface area (Å²) in [6.45, 7) is 3.27. The Hall–Kier alpha value is -1.49. The van der Waals surface area contributed by atoms with Crippen molar-refractivity contribution in [1.82, 2.24) is 4.90 Å². The number of rotatable bonds is 5. The molecule has 2 N–H and O–H groups in total. The molecule has 1 aliphatic rings. The molecule has 0 aliphatic heterocycles. The van der Waals surface area contributed by atoms with Crippen molar-refractivity contribution in [1.29, 1.82) is 0 Å². The number of halogens is 2. The molecule has 2 atom stereocenters. The van der Waals surface area contributed by atoms with E-state index in [0.717, 1.165) is 31.4 Å². The Bertz CT molecular complexity index is 507. The second kappa shape index (κ2) is 6.98. The van der Waals surface area contributed by atoms with Gasteiger partial charge in [-0.2, -0.15) is 0 Å². The van der Waals surface area contributed by atoms with E-state index < -0.39 is 11.6 Å². The van der Waals surface area contributed by atoms with Crippen LogP contribution in [0.15, 0.2) is 18.2 Å². The van der Waals surface area contributed by atoms with Crippen molar-refractivity contribution in [3.05, 3.63) is 35.4 Å². The zero-order valence-corrected chi connectivity index (χ0v) is 12.3. The second-order valence-corrected chi connectivity index (χ2v) is 5.63. The van der Waals surface area contributed by atoms with Crippen LogP contribution in [0.4, 0.5) is 8.78 Å². The topological polar surface area (TPSA) is 46.3 Å². The summed E-state index contributed by atoms with van der Waals surface area (Å²) >= 11 is 0. The van der Waals surface area contributed by atoms with E-state index >= 15 is 0 Å². The predicted octanol–water partition coefficient (Wildman–Crippen LogP) is 2.69. The Morgan fingerprint density at radius 2 is 2.10 bits per heavy atom. The van der Waals surface area contributed by atoms with Crippen molar-refractivity contribution in [3.63, 3.8) is 0 Å². The van der Waals surface area contributed by atoms with Crippen LogP contribution in [0.25, 0.3) is 0 Å². The van der Waals surface area contributed by atoms with E-state index in [-0.39, 0.29) is 17.7 Å². The van der Waals surface area contributed by atoms with Gasteiger partial charge in [-0.3, -0.25) is 4.79 Å². The lowest BCUT2D eigenvalue weighted by Gasteiger charge is -2.27. The van der Waals surface area contributed by atoms with E-state index in [1.807, 2.05) is 6.92 Å². The number of hydrogen-bond donors (Lipinski definition) is 1. The van der Waals surface area contributed by atoms with Crippen LogP contribution in [-0.2, 0) is 11.3 Å². The molecule has 0 aromatic heterocycles. The Morgan fingerprint density at radius 1 is 1.33 bits per heavy atom. The SMILES string of the molecule is CCN(Cc1ccc(F)c(F)c1)C(=O)C1CCCC1CN. The van der Waals surface area contributed by atoms with E-state index in [1.54, 1.807) is 4.90 Å². The highest BCUT2D eigenvalue weighted by Gasteiger charge is 2.34. The largest absolute Gasteiger partial charge is 0.338 e. The molecule has 1 aromatic carbocycles. The molecule has 0 heterocycles. The number of nitrogens with zero attached hydrogens (tertiary/aromatic N) is 1. The molecule has 2 unspecified atom stereocenters. The molecule has 1 saturated carbocycles. The molecule has 1 amide bonds. The molecule has 1 aliphatic carbocycles. The van der Waals surface area contributed by atoms with E-state index in [0.29, 0.717) is 25.2 Å². The minimum atomic E-state index is -0.878. The van der Waals surface area contributed by atoms with Gasteiger partial charge in [-0.05, 0) is 49.9 Å². The summed E-state index contributed by atoms with van der Waals surface area (Å²) in [4.78, 5) is 14.3. The average Bonchev–Trinajstić information content (AvgIpc) is 2.96. The number of hydrogen-bond acceptors (Lipinski definition) is 2. The van der Waals surface area contributed by atoms with Crippen LogP contribution in [0.1, 0.15) is 31.7 Å². The summed E-state index contributed by atoms with van der Waals surface area (Å²) in [6, 6.07) is 3.77. The van der Waals surface area contributed by atoms with E-state index in [9.17, 15) is 13.6 Å². The minimum Gasteiger partial charge on any atom is -0.338 e. The van der Waals surface area contributed by atoms with Gasteiger partial charge in [-0.15, -0.1) is 0 Å². The zero-order chi connectivity index (χ0) is 15.4. The molecule has 1 fully saturated rings. The lowest BCUT2D eigenvalue weighted by Crippen LogP contribution is -2.38. The Morgan fingerprint density at radius 3 is 2.71 bits per heavy atom. The van der Waals surface area contributed by atoms with Crippen LogP contribution in [-0.4, -0.2) is 23.9 Å². The van der Waals surface area contributed by atoms with Crippen LogP contribution in [0.2, 0.25) is 0 Å². The van der Waals surface area contributed by atoms with Gasteiger partial charge in [-0.25, -0.2) is 8.78 Å². The molecular formula is C16H22F2N2O. The maximum Gasteiger partial charge on any atom is 0.226 e. The first-order chi connectivity index (χ1) is 10.1. The van der Waals surface area contributed by atoms with Crippen LogP contribution >= 0.6 is 0 Å². The van der Waals surface area contributed by atoms with Crippen molar-refractivity contribution >= 4 is 5.91 Å².